The smallest absolute Gasteiger partial charge is 0.305 e. The van der Waals surface area contributed by atoms with Gasteiger partial charge in [0.15, 0.2) is 0 Å². The predicted molar refractivity (Wildman–Crippen MR) is 64.4 cm³/mol. The van der Waals surface area contributed by atoms with E-state index < -0.39 is 6.10 Å². The van der Waals surface area contributed by atoms with Gasteiger partial charge < -0.3 is 9.84 Å². The summed E-state index contributed by atoms with van der Waals surface area (Å²) in [5.41, 5.74) is 1.75. The van der Waals surface area contributed by atoms with Crippen LogP contribution < -0.4 is 0 Å². The largest absolute Gasteiger partial charge is 0.466 e. The first-order valence-electron chi connectivity index (χ1n) is 5.89. The Hall–Kier alpha value is -1.42. The average molecular weight is 237 g/mol. The Morgan fingerprint density at radius 2 is 2.35 bits per heavy atom. The molecule has 1 unspecified atom stereocenters. The third-order valence-corrected chi connectivity index (χ3v) is 2.53. The highest BCUT2D eigenvalue weighted by Gasteiger charge is 2.13. The summed E-state index contributed by atoms with van der Waals surface area (Å²) >= 11 is 0. The molecule has 1 aromatic rings. The maximum absolute atomic E-state index is 11.3. The van der Waals surface area contributed by atoms with E-state index >= 15 is 0 Å². The summed E-state index contributed by atoms with van der Waals surface area (Å²) in [6, 6.07) is 1.84. The van der Waals surface area contributed by atoms with Crippen LogP contribution in [0.5, 0.6) is 0 Å². The van der Waals surface area contributed by atoms with Gasteiger partial charge in [-0.15, -0.1) is 0 Å². The minimum absolute atomic E-state index is 0.232. The SMILES string of the molecule is CCCOC(=O)CCC(O)c1cnccc1C. The number of aliphatic hydroxyl groups is 1. The summed E-state index contributed by atoms with van der Waals surface area (Å²) in [6.45, 7) is 4.30. The topological polar surface area (TPSA) is 59.4 Å². The molecule has 17 heavy (non-hydrogen) atoms. The molecule has 0 saturated heterocycles. The lowest BCUT2D eigenvalue weighted by atomic mass is 10.0. The van der Waals surface area contributed by atoms with Crippen LogP contribution in [0.4, 0.5) is 0 Å². The number of pyridine rings is 1. The summed E-state index contributed by atoms with van der Waals surface area (Å²) in [4.78, 5) is 15.2. The number of esters is 1. The van der Waals surface area contributed by atoms with Gasteiger partial charge in [-0.2, -0.15) is 0 Å². The van der Waals surface area contributed by atoms with E-state index in [9.17, 15) is 9.90 Å². The van der Waals surface area contributed by atoms with Crippen LogP contribution in [0.2, 0.25) is 0 Å². The molecule has 1 heterocycles. The molecular formula is C13H19NO3. The van der Waals surface area contributed by atoms with Gasteiger partial charge in [0.25, 0.3) is 0 Å². The number of nitrogens with zero attached hydrogens (tertiary/aromatic N) is 1. The van der Waals surface area contributed by atoms with Gasteiger partial charge in [-0.25, -0.2) is 0 Å². The van der Waals surface area contributed by atoms with Crippen molar-refractivity contribution in [2.24, 2.45) is 0 Å². The minimum Gasteiger partial charge on any atom is -0.466 e. The second-order valence-electron chi connectivity index (χ2n) is 4.01. The molecule has 0 saturated carbocycles. The van der Waals surface area contributed by atoms with Crippen LogP contribution in [0.3, 0.4) is 0 Å². The van der Waals surface area contributed by atoms with Crippen LogP contribution in [0.15, 0.2) is 18.5 Å². The number of rotatable bonds is 6. The Balaban J connectivity index is 2.42. The van der Waals surface area contributed by atoms with Crippen LogP contribution >= 0.6 is 0 Å². The first-order valence-corrected chi connectivity index (χ1v) is 5.89. The Bertz CT molecular complexity index is 365. The van der Waals surface area contributed by atoms with Gasteiger partial charge in [0.05, 0.1) is 12.7 Å². The standard InChI is InChI=1S/C13H19NO3/c1-3-8-17-13(16)5-4-12(15)11-9-14-7-6-10(11)2/h6-7,9,12,15H,3-5,8H2,1-2H3. The van der Waals surface area contributed by atoms with Crippen LogP contribution in [0.25, 0.3) is 0 Å². The molecule has 0 aliphatic rings. The van der Waals surface area contributed by atoms with Crippen molar-refractivity contribution in [1.29, 1.82) is 0 Å². The second-order valence-corrected chi connectivity index (χ2v) is 4.01. The van der Waals surface area contributed by atoms with Crippen molar-refractivity contribution in [3.8, 4) is 0 Å². The monoisotopic (exact) mass is 237 g/mol. The minimum atomic E-state index is -0.655. The highest BCUT2D eigenvalue weighted by Crippen LogP contribution is 2.20. The molecule has 94 valence electrons. The maximum atomic E-state index is 11.3. The molecule has 0 aromatic carbocycles. The number of carbonyl (C=O) groups is 1. The number of hydrogen-bond donors (Lipinski definition) is 1. The van der Waals surface area contributed by atoms with Crippen LogP contribution in [-0.2, 0) is 9.53 Å². The Labute approximate surface area is 102 Å². The molecule has 0 bridgehead atoms. The van der Waals surface area contributed by atoms with Gasteiger partial charge >= 0.3 is 5.97 Å². The quantitative estimate of drug-likeness (QED) is 0.770. The van der Waals surface area contributed by atoms with Gasteiger partial charge in [0.1, 0.15) is 0 Å². The van der Waals surface area contributed by atoms with Crippen molar-refractivity contribution in [1.82, 2.24) is 4.98 Å². The van der Waals surface area contributed by atoms with E-state index in [1.807, 2.05) is 19.9 Å². The van der Waals surface area contributed by atoms with Crippen molar-refractivity contribution in [3.63, 3.8) is 0 Å². The molecule has 1 aromatic heterocycles. The number of carbonyl (C=O) groups excluding carboxylic acids is 1. The maximum Gasteiger partial charge on any atom is 0.305 e. The highest BCUT2D eigenvalue weighted by molar-refractivity contribution is 5.69. The van der Waals surface area contributed by atoms with E-state index in [1.54, 1.807) is 12.4 Å². The fraction of sp³-hybridized carbons (Fsp3) is 0.538. The molecule has 4 nitrogen and oxygen atoms in total. The van der Waals surface area contributed by atoms with E-state index in [1.165, 1.54) is 0 Å². The van der Waals surface area contributed by atoms with E-state index in [-0.39, 0.29) is 12.4 Å². The molecule has 0 fully saturated rings. The molecule has 0 amide bonds. The normalized spacial score (nSPS) is 12.2. The molecule has 1 N–H and O–H groups in total. The Morgan fingerprint density at radius 3 is 3.00 bits per heavy atom. The van der Waals surface area contributed by atoms with E-state index in [0.717, 1.165) is 17.5 Å². The lowest BCUT2D eigenvalue weighted by molar-refractivity contribution is -0.144. The van der Waals surface area contributed by atoms with Crippen molar-refractivity contribution < 1.29 is 14.6 Å². The Kier molecular flexibility index (Phi) is 5.63. The van der Waals surface area contributed by atoms with Gasteiger partial charge in [-0.3, -0.25) is 9.78 Å². The number of aromatic nitrogens is 1. The molecule has 0 aliphatic heterocycles. The summed E-state index contributed by atoms with van der Waals surface area (Å²) in [5, 5.41) is 9.93. The number of ether oxygens (including phenoxy) is 1. The zero-order valence-electron chi connectivity index (χ0n) is 10.3. The van der Waals surface area contributed by atoms with Crippen molar-refractivity contribution in [2.45, 2.75) is 39.2 Å². The van der Waals surface area contributed by atoms with E-state index in [4.69, 9.17) is 4.74 Å². The Morgan fingerprint density at radius 1 is 1.59 bits per heavy atom. The first kappa shape index (κ1) is 13.6. The number of hydrogen-bond acceptors (Lipinski definition) is 4. The molecule has 0 aliphatic carbocycles. The van der Waals surface area contributed by atoms with E-state index in [2.05, 4.69) is 4.98 Å². The first-order chi connectivity index (χ1) is 8.15. The molecular weight excluding hydrogens is 218 g/mol. The second kappa shape index (κ2) is 7.01. The number of aryl methyl sites for hydroxylation is 1. The average Bonchev–Trinajstić information content (AvgIpc) is 2.34. The lowest BCUT2D eigenvalue weighted by Crippen LogP contribution is -2.08. The zero-order valence-corrected chi connectivity index (χ0v) is 10.3. The summed E-state index contributed by atoms with van der Waals surface area (Å²) < 4.78 is 4.94. The summed E-state index contributed by atoms with van der Waals surface area (Å²) in [6.07, 6.45) is 4.08. The molecule has 0 spiro atoms. The fourth-order valence-electron chi connectivity index (χ4n) is 1.52. The van der Waals surface area contributed by atoms with Crippen LogP contribution in [-0.4, -0.2) is 22.7 Å². The van der Waals surface area contributed by atoms with Crippen molar-refractivity contribution >= 4 is 5.97 Å². The zero-order chi connectivity index (χ0) is 12.7. The van der Waals surface area contributed by atoms with Gasteiger partial charge in [0, 0.05) is 24.4 Å². The fourth-order valence-corrected chi connectivity index (χ4v) is 1.52. The van der Waals surface area contributed by atoms with Crippen LogP contribution in [0.1, 0.15) is 43.4 Å². The number of aliphatic hydroxyl groups excluding tert-OH is 1. The predicted octanol–water partition coefficient (Wildman–Crippen LogP) is 2.16. The van der Waals surface area contributed by atoms with Crippen LogP contribution in [0, 0.1) is 6.92 Å². The molecule has 1 atom stereocenters. The highest BCUT2D eigenvalue weighted by atomic mass is 16.5. The third-order valence-electron chi connectivity index (χ3n) is 2.53. The van der Waals surface area contributed by atoms with Gasteiger partial charge in [-0.1, -0.05) is 6.92 Å². The van der Waals surface area contributed by atoms with Crippen molar-refractivity contribution in [3.05, 3.63) is 29.6 Å². The summed E-state index contributed by atoms with van der Waals surface area (Å²) in [5.74, 6) is -0.257. The molecule has 1 rings (SSSR count). The third kappa shape index (κ3) is 4.53. The van der Waals surface area contributed by atoms with Gasteiger partial charge in [-0.05, 0) is 31.4 Å². The van der Waals surface area contributed by atoms with Crippen molar-refractivity contribution in [2.75, 3.05) is 6.61 Å². The summed E-state index contributed by atoms with van der Waals surface area (Å²) in [7, 11) is 0. The van der Waals surface area contributed by atoms with Gasteiger partial charge in [0.2, 0.25) is 0 Å². The molecule has 0 radical (unpaired) electrons. The lowest BCUT2D eigenvalue weighted by Gasteiger charge is -2.12. The molecule has 4 heteroatoms. The van der Waals surface area contributed by atoms with E-state index in [0.29, 0.717) is 13.0 Å².